The van der Waals surface area contributed by atoms with Crippen molar-refractivity contribution in [3.63, 3.8) is 0 Å². The molecule has 0 aliphatic carbocycles. The van der Waals surface area contributed by atoms with Crippen molar-refractivity contribution in [2.75, 3.05) is 39.4 Å². The molecule has 0 aromatic carbocycles. The number of hydrogen-bond donors (Lipinski definition) is 1. The molecule has 0 aromatic rings. The molecular formula is C11H22N2O. The quantitative estimate of drug-likeness (QED) is 0.707. The van der Waals surface area contributed by atoms with Crippen LogP contribution in [0.25, 0.3) is 0 Å². The second-order valence-corrected chi connectivity index (χ2v) is 4.43. The highest BCUT2D eigenvalue weighted by Gasteiger charge is 2.31. The van der Waals surface area contributed by atoms with Crippen LogP contribution in [-0.2, 0) is 4.74 Å². The molecular weight excluding hydrogens is 176 g/mol. The van der Waals surface area contributed by atoms with Gasteiger partial charge in [-0.3, -0.25) is 4.90 Å². The molecule has 0 spiro atoms. The van der Waals surface area contributed by atoms with Gasteiger partial charge >= 0.3 is 0 Å². The second-order valence-electron chi connectivity index (χ2n) is 4.43. The summed E-state index contributed by atoms with van der Waals surface area (Å²) in [7, 11) is 0. The lowest BCUT2D eigenvalue weighted by Crippen LogP contribution is -2.50. The highest BCUT2D eigenvalue weighted by Crippen LogP contribution is 2.21. The lowest BCUT2D eigenvalue weighted by molar-refractivity contribution is 0.102. The van der Waals surface area contributed by atoms with E-state index in [2.05, 4.69) is 17.1 Å². The summed E-state index contributed by atoms with van der Waals surface area (Å²) in [6, 6.07) is 0.777. The van der Waals surface area contributed by atoms with Crippen LogP contribution in [0, 0.1) is 5.92 Å². The van der Waals surface area contributed by atoms with Crippen LogP contribution >= 0.6 is 0 Å². The summed E-state index contributed by atoms with van der Waals surface area (Å²) < 4.78 is 5.66. The van der Waals surface area contributed by atoms with Crippen LogP contribution < -0.4 is 5.32 Å². The van der Waals surface area contributed by atoms with E-state index in [1.807, 2.05) is 0 Å². The van der Waals surface area contributed by atoms with Gasteiger partial charge in [0, 0.05) is 25.0 Å². The summed E-state index contributed by atoms with van der Waals surface area (Å²) >= 11 is 0. The maximum Gasteiger partial charge on any atom is 0.0593 e. The van der Waals surface area contributed by atoms with Gasteiger partial charge in [-0.05, 0) is 25.9 Å². The van der Waals surface area contributed by atoms with E-state index < -0.39 is 0 Å². The number of piperidine rings is 1. The van der Waals surface area contributed by atoms with E-state index in [-0.39, 0.29) is 0 Å². The maximum absolute atomic E-state index is 5.66. The van der Waals surface area contributed by atoms with E-state index in [1.54, 1.807) is 0 Å². The highest BCUT2D eigenvalue weighted by atomic mass is 16.5. The van der Waals surface area contributed by atoms with Gasteiger partial charge < -0.3 is 10.1 Å². The number of nitrogens with zero attached hydrogens (tertiary/aromatic N) is 1. The van der Waals surface area contributed by atoms with E-state index in [0.29, 0.717) is 0 Å². The van der Waals surface area contributed by atoms with Crippen molar-refractivity contribution in [2.45, 2.75) is 25.8 Å². The number of nitrogens with one attached hydrogen (secondary N) is 1. The van der Waals surface area contributed by atoms with Crippen molar-refractivity contribution in [3.8, 4) is 0 Å². The van der Waals surface area contributed by atoms with E-state index in [4.69, 9.17) is 4.74 Å². The number of fused-ring (bicyclic) bond motifs is 1. The van der Waals surface area contributed by atoms with Gasteiger partial charge in [-0.25, -0.2) is 0 Å². The van der Waals surface area contributed by atoms with Gasteiger partial charge in [-0.1, -0.05) is 6.92 Å². The Hall–Kier alpha value is -0.120. The topological polar surface area (TPSA) is 24.5 Å². The molecule has 2 rings (SSSR count). The molecule has 0 radical (unpaired) electrons. The van der Waals surface area contributed by atoms with E-state index in [1.165, 1.54) is 25.9 Å². The van der Waals surface area contributed by atoms with E-state index >= 15 is 0 Å². The van der Waals surface area contributed by atoms with Crippen LogP contribution in [0.4, 0.5) is 0 Å². The summed E-state index contributed by atoms with van der Waals surface area (Å²) in [6.45, 7) is 8.85. The highest BCUT2D eigenvalue weighted by molar-refractivity contribution is 4.86. The standard InChI is InChI=1S/C11H22N2O/c1-2-5-13-6-7-14-9-10-8-12-4-3-11(10)13/h10-12H,2-9H2,1H3. The van der Waals surface area contributed by atoms with Crippen LogP contribution in [-0.4, -0.2) is 50.3 Å². The average molecular weight is 198 g/mol. The third-order valence-electron chi connectivity index (χ3n) is 3.40. The summed E-state index contributed by atoms with van der Waals surface area (Å²) in [6.07, 6.45) is 2.56. The van der Waals surface area contributed by atoms with Gasteiger partial charge in [0.15, 0.2) is 0 Å². The largest absolute Gasteiger partial charge is 0.380 e. The van der Waals surface area contributed by atoms with Crippen molar-refractivity contribution >= 4 is 0 Å². The van der Waals surface area contributed by atoms with Crippen LogP contribution in [0.3, 0.4) is 0 Å². The summed E-state index contributed by atoms with van der Waals surface area (Å²) in [5, 5.41) is 3.47. The van der Waals surface area contributed by atoms with Gasteiger partial charge in [-0.15, -0.1) is 0 Å². The number of rotatable bonds is 2. The molecule has 14 heavy (non-hydrogen) atoms. The van der Waals surface area contributed by atoms with E-state index in [0.717, 1.165) is 38.3 Å². The fourth-order valence-electron chi connectivity index (χ4n) is 2.71. The van der Waals surface area contributed by atoms with Crippen LogP contribution in [0.15, 0.2) is 0 Å². The molecule has 0 amide bonds. The lowest BCUT2D eigenvalue weighted by atomic mass is 9.93. The van der Waals surface area contributed by atoms with Gasteiger partial charge in [0.1, 0.15) is 0 Å². The third-order valence-corrected chi connectivity index (χ3v) is 3.40. The Kier molecular flexibility index (Phi) is 3.79. The van der Waals surface area contributed by atoms with Crippen molar-refractivity contribution in [2.24, 2.45) is 5.92 Å². The SMILES string of the molecule is CCCN1CCOCC2CNCCC21. The molecule has 2 aliphatic rings. The molecule has 2 unspecified atom stereocenters. The minimum absolute atomic E-state index is 0.720. The molecule has 2 fully saturated rings. The molecule has 3 heteroatoms. The average Bonchev–Trinajstić information content (AvgIpc) is 2.42. The first-order valence-electron chi connectivity index (χ1n) is 5.94. The number of hydrogen-bond acceptors (Lipinski definition) is 3. The minimum Gasteiger partial charge on any atom is -0.380 e. The Morgan fingerprint density at radius 2 is 2.43 bits per heavy atom. The number of ether oxygens (including phenoxy) is 1. The first kappa shape index (κ1) is 10.4. The lowest BCUT2D eigenvalue weighted by Gasteiger charge is -2.37. The zero-order valence-electron chi connectivity index (χ0n) is 9.17. The van der Waals surface area contributed by atoms with Crippen molar-refractivity contribution in [1.29, 1.82) is 0 Å². The molecule has 3 nitrogen and oxygen atoms in total. The molecule has 2 aliphatic heterocycles. The van der Waals surface area contributed by atoms with Gasteiger partial charge in [0.25, 0.3) is 0 Å². The Morgan fingerprint density at radius 3 is 3.29 bits per heavy atom. The Labute approximate surface area is 86.8 Å². The molecule has 1 N–H and O–H groups in total. The molecule has 0 saturated carbocycles. The molecule has 2 atom stereocenters. The molecule has 0 aromatic heterocycles. The smallest absolute Gasteiger partial charge is 0.0593 e. The van der Waals surface area contributed by atoms with Crippen LogP contribution in [0.5, 0.6) is 0 Å². The zero-order valence-corrected chi connectivity index (χ0v) is 9.17. The normalized spacial score (nSPS) is 34.9. The van der Waals surface area contributed by atoms with Crippen LogP contribution in [0.1, 0.15) is 19.8 Å². The summed E-state index contributed by atoms with van der Waals surface area (Å²) in [4.78, 5) is 2.64. The monoisotopic (exact) mass is 198 g/mol. The van der Waals surface area contributed by atoms with Gasteiger partial charge in [-0.2, -0.15) is 0 Å². The van der Waals surface area contributed by atoms with Crippen molar-refractivity contribution < 1.29 is 4.74 Å². The fraction of sp³-hybridized carbons (Fsp3) is 1.00. The Morgan fingerprint density at radius 1 is 1.50 bits per heavy atom. The van der Waals surface area contributed by atoms with Crippen molar-refractivity contribution in [3.05, 3.63) is 0 Å². The minimum atomic E-state index is 0.720. The summed E-state index contributed by atoms with van der Waals surface area (Å²) in [5.74, 6) is 0.720. The zero-order chi connectivity index (χ0) is 9.80. The van der Waals surface area contributed by atoms with Gasteiger partial charge in [0.2, 0.25) is 0 Å². The first-order chi connectivity index (χ1) is 6.92. The van der Waals surface area contributed by atoms with Crippen molar-refractivity contribution in [1.82, 2.24) is 10.2 Å². The van der Waals surface area contributed by atoms with E-state index in [9.17, 15) is 0 Å². The summed E-state index contributed by atoms with van der Waals surface area (Å²) in [5.41, 5.74) is 0. The van der Waals surface area contributed by atoms with Gasteiger partial charge in [0.05, 0.1) is 13.2 Å². The predicted octanol–water partition coefficient (Wildman–Crippen LogP) is 0.707. The third kappa shape index (κ3) is 2.27. The maximum atomic E-state index is 5.66. The van der Waals surface area contributed by atoms with Crippen LogP contribution in [0.2, 0.25) is 0 Å². The fourth-order valence-corrected chi connectivity index (χ4v) is 2.71. The molecule has 0 bridgehead atoms. The Balaban J connectivity index is 1.99. The second kappa shape index (κ2) is 5.10. The first-order valence-corrected chi connectivity index (χ1v) is 5.94. The molecule has 82 valence electrons. The predicted molar refractivity (Wildman–Crippen MR) is 57.4 cm³/mol. The molecule has 2 saturated heterocycles. The Bertz CT molecular complexity index is 175. The molecule has 2 heterocycles.